The van der Waals surface area contributed by atoms with Crippen molar-refractivity contribution in [1.29, 1.82) is 0 Å². The Balaban J connectivity index is 1.82. The number of carbonyl (C=O) groups is 3. The predicted molar refractivity (Wildman–Crippen MR) is 83.9 cm³/mol. The Morgan fingerprint density at radius 3 is 2.65 bits per heavy atom. The summed E-state index contributed by atoms with van der Waals surface area (Å²) in [7, 11) is 0. The van der Waals surface area contributed by atoms with Crippen molar-refractivity contribution >= 4 is 28.5 Å². The van der Waals surface area contributed by atoms with E-state index in [9.17, 15) is 14.4 Å². The molecule has 0 spiro atoms. The number of nitrogens with one attached hydrogen (secondary N) is 1. The maximum Gasteiger partial charge on any atom is 0.294 e. The number of amides is 1. The maximum absolute atomic E-state index is 12.5. The molecule has 1 aromatic heterocycles. The van der Waals surface area contributed by atoms with Crippen molar-refractivity contribution in [2.24, 2.45) is 0 Å². The van der Waals surface area contributed by atoms with Gasteiger partial charge in [-0.2, -0.15) is 0 Å². The first kappa shape index (κ1) is 16.2. The SMILES string of the molecule is CC1(NC(=O)C(=O)c2cc(C(=O)Cl)c3n2CCC3)CCOCC1. The van der Waals surface area contributed by atoms with Gasteiger partial charge in [-0.25, -0.2) is 0 Å². The third-order valence-electron chi connectivity index (χ3n) is 4.67. The summed E-state index contributed by atoms with van der Waals surface area (Å²) in [5.74, 6) is -1.26. The van der Waals surface area contributed by atoms with Gasteiger partial charge in [0.05, 0.1) is 11.3 Å². The first-order chi connectivity index (χ1) is 10.9. The second-order valence-corrected chi connectivity index (χ2v) is 6.72. The van der Waals surface area contributed by atoms with Crippen molar-refractivity contribution in [2.45, 2.75) is 44.7 Å². The molecule has 1 aromatic rings. The van der Waals surface area contributed by atoms with E-state index in [-0.39, 0.29) is 5.69 Å². The molecule has 3 rings (SSSR count). The smallest absolute Gasteiger partial charge is 0.294 e. The first-order valence-electron chi connectivity index (χ1n) is 7.78. The number of rotatable bonds is 4. The summed E-state index contributed by atoms with van der Waals surface area (Å²) in [5.41, 5.74) is 0.891. The van der Waals surface area contributed by atoms with Crippen molar-refractivity contribution in [3.8, 4) is 0 Å². The average Bonchev–Trinajstić information content (AvgIpc) is 3.08. The minimum absolute atomic E-state index is 0.245. The molecular weight excluding hydrogens is 320 g/mol. The molecule has 0 saturated carbocycles. The number of aromatic nitrogens is 1. The van der Waals surface area contributed by atoms with Gasteiger partial charge in [-0.1, -0.05) is 0 Å². The fourth-order valence-corrected chi connectivity index (χ4v) is 3.43. The molecule has 124 valence electrons. The lowest BCUT2D eigenvalue weighted by atomic mass is 9.92. The summed E-state index contributed by atoms with van der Waals surface area (Å²) in [4.78, 5) is 36.4. The summed E-state index contributed by atoms with van der Waals surface area (Å²) in [6.07, 6.45) is 2.87. The van der Waals surface area contributed by atoms with Crippen LogP contribution in [-0.4, -0.2) is 40.3 Å². The van der Waals surface area contributed by atoms with Crippen molar-refractivity contribution in [3.05, 3.63) is 23.0 Å². The number of hydrogen-bond acceptors (Lipinski definition) is 4. The van der Waals surface area contributed by atoms with E-state index in [1.165, 1.54) is 6.07 Å². The number of carbonyl (C=O) groups excluding carboxylic acids is 3. The third-order valence-corrected chi connectivity index (χ3v) is 4.87. The van der Waals surface area contributed by atoms with E-state index < -0.39 is 22.5 Å². The fraction of sp³-hybridized carbons (Fsp3) is 0.562. The summed E-state index contributed by atoms with van der Waals surface area (Å²) < 4.78 is 7.03. The van der Waals surface area contributed by atoms with Gasteiger partial charge in [0.1, 0.15) is 0 Å². The zero-order valence-electron chi connectivity index (χ0n) is 13.0. The monoisotopic (exact) mass is 338 g/mol. The molecule has 0 unspecified atom stereocenters. The van der Waals surface area contributed by atoms with Gasteiger partial charge in [0, 0.05) is 31.0 Å². The van der Waals surface area contributed by atoms with E-state index >= 15 is 0 Å². The summed E-state index contributed by atoms with van der Waals surface area (Å²) in [6.45, 7) is 3.67. The molecule has 2 aliphatic heterocycles. The average molecular weight is 339 g/mol. The highest BCUT2D eigenvalue weighted by Gasteiger charge is 2.34. The Morgan fingerprint density at radius 1 is 1.30 bits per heavy atom. The molecule has 1 fully saturated rings. The molecule has 3 heterocycles. The Kier molecular flexibility index (Phi) is 4.29. The molecule has 0 bridgehead atoms. The summed E-state index contributed by atoms with van der Waals surface area (Å²) in [5, 5.41) is 2.23. The lowest BCUT2D eigenvalue weighted by molar-refractivity contribution is -0.119. The molecule has 1 N–H and O–H groups in total. The number of hydrogen-bond donors (Lipinski definition) is 1. The molecule has 1 amide bonds. The molecule has 7 heteroatoms. The van der Waals surface area contributed by atoms with Crippen LogP contribution in [0.1, 0.15) is 52.7 Å². The van der Waals surface area contributed by atoms with E-state index in [2.05, 4.69) is 5.32 Å². The molecule has 0 aliphatic carbocycles. The van der Waals surface area contributed by atoms with Crippen LogP contribution in [0.4, 0.5) is 0 Å². The van der Waals surface area contributed by atoms with Gasteiger partial charge in [-0.05, 0) is 50.3 Å². The second kappa shape index (κ2) is 6.09. The zero-order valence-corrected chi connectivity index (χ0v) is 13.7. The van der Waals surface area contributed by atoms with Crippen LogP contribution in [0.3, 0.4) is 0 Å². The normalized spacial score (nSPS) is 19.2. The van der Waals surface area contributed by atoms with Crippen LogP contribution in [0.15, 0.2) is 6.07 Å². The maximum atomic E-state index is 12.5. The van der Waals surface area contributed by atoms with Crippen LogP contribution in [0.2, 0.25) is 0 Å². The number of nitrogens with zero attached hydrogens (tertiary/aromatic N) is 1. The Hall–Kier alpha value is -1.66. The van der Waals surface area contributed by atoms with E-state index in [0.717, 1.165) is 12.1 Å². The van der Waals surface area contributed by atoms with Crippen LogP contribution in [-0.2, 0) is 22.5 Å². The Labute approximate surface area is 139 Å². The largest absolute Gasteiger partial charge is 0.381 e. The molecule has 2 aliphatic rings. The van der Waals surface area contributed by atoms with Gasteiger partial charge in [0.2, 0.25) is 0 Å². The Bertz CT molecular complexity index is 674. The number of fused-ring (bicyclic) bond motifs is 1. The molecular formula is C16H19ClN2O4. The van der Waals surface area contributed by atoms with E-state index in [0.29, 0.717) is 44.6 Å². The standard InChI is InChI=1S/C16H19ClN2O4/c1-16(4-7-23-8-5-16)18-15(22)13(20)12-9-10(14(17)21)11-3-2-6-19(11)12/h9H,2-8H2,1H3,(H,18,22). The topological polar surface area (TPSA) is 77.4 Å². The summed E-state index contributed by atoms with van der Waals surface area (Å²) in [6, 6.07) is 1.44. The summed E-state index contributed by atoms with van der Waals surface area (Å²) >= 11 is 5.58. The van der Waals surface area contributed by atoms with Crippen LogP contribution in [0.25, 0.3) is 0 Å². The minimum Gasteiger partial charge on any atom is -0.381 e. The minimum atomic E-state index is -0.643. The third kappa shape index (κ3) is 3.05. The number of halogens is 1. The van der Waals surface area contributed by atoms with Crippen molar-refractivity contribution in [1.82, 2.24) is 9.88 Å². The highest BCUT2D eigenvalue weighted by molar-refractivity contribution is 6.68. The molecule has 23 heavy (non-hydrogen) atoms. The van der Waals surface area contributed by atoms with Gasteiger partial charge in [0.25, 0.3) is 16.9 Å². The second-order valence-electron chi connectivity index (χ2n) is 6.38. The van der Waals surface area contributed by atoms with Crippen molar-refractivity contribution in [2.75, 3.05) is 13.2 Å². The van der Waals surface area contributed by atoms with Crippen molar-refractivity contribution < 1.29 is 19.1 Å². The predicted octanol–water partition coefficient (Wildman–Crippen LogP) is 1.68. The van der Waals surface area contributed by atoms with Crippen LogP contribution in [0, 0.1) is 0 Å². The van der Waals surface area contributed by atoms with Gasteiger partial charge >= 0.3 is 0 Å². The first-order valence-corrected chi connectivity index (χ1v) is 8.16. The molecule has 0 aromatic carbocycles. The van der Waals surface area contributed by atoms with E-state index in [4.69, 9.17) is 16.3 Å². The van der Waals surface area contributed by atoms with Crippen molar-refractivity contribution in [3.63, 3.8) is 0 Å². The van der Waals surface area contributed by atoms with E-state index in [1.807, 2.05) is 6.92 Å². The van der Waals surface area contributed by atoms with Crippen LogP contribution in [0.5, 0.6) is 0 Å². The molecule has 0 radical (unpaired) electrons. The molecule has 1 saturated heterocycles. The molecule has 0 atom stereocenters. The van der Waals surface area contributed by atoms with E-state index in [1.54, 1.807) is 4.57 Å². The van der Waals surface area contributed by atoms with Gasteiger partial charge in [0.15, 0.2) is 0 Å². The fourth-order valence-electron chi connectivity index (χ4n) is 3.27. The van der Waals surface area contributed by atoms with Gasteiger partial charge < -0.3 is 14.6 Å². The van der Waals surface area contributed by atoms with Crippen LogP contribution < -0.4 is 5.32 Å². The number of ketones is 1. The zero-order chi connectivity index (χ0) is 16.6. The lowest BCUT2D eigenvalue weighted by Crippen LogP contribution is -2.51. The highest BCUT2D eigenvalue weighted by Crippen LogP contribution is 2.26. The Morgan fingerprint density at radius 2 is 2.00 bits per heavy atom. The number of ether oxygens (including phenoxy) is 1. The molecule has 6 nitrogen and oxygen atoms in total. The van der Waals surface area contributed by atoms with Gasteiger partial charge in [-0.3, -0.25) is 14.4 Å². The van der Waals surface area contributed by atoms with Crippen LogP contribution >= 0.6 is 11.6 Å². The highest BCUT2D eigenvalue weighted by atomic mass is 35.5. The van der Waals surface area contributed by atoms with Gasteiger partial charge in [-0.15, -0.1) is 0 Å². The quantitative estimate of drug-likeness (QED) is 0.515. The lowest BCUT2D eigenvalue weighted by Gasteiger charge is -2.34. The number of Topliss-reactive ketones (excluding diaryl/α,β-unsaturated/α-hetero) is 1.